The summed E-state index contributed by atoms with van der Waals surface area (Å²) in [6.45, 7) is 3.20. The molecule has 0 spiro atoms. The van der Waals surface area contributed by atoms with E-state index in [9.17, 15) is 0 Å². The maximum atomic E-state index is 5.69. The summed E-state index contributed by atoms with van der Waals surface area (Å²) in [6.07, 6.45) is 6.87. The van der Waals surface area contributed by atoms with Crippen molar-refractivity contribution >= 4 is 22.8 Å². The molecule has 1 aliphatic rings. The van der Waals surface area contributed by atoms with Gasteiger partial charge in [-0.2, -0.15) is 15.1 Å². The van der Waals surface area contributed by atoms with Crippen molar-refractivity contribution in [3.8, 4) is 0 Å². The lowest BCUT2D eigenvalue weighted by molar-refractivity contribution is 0.145. The van der Waals surface area contributed by atoms with Gasteiger partial charge in [-0.15, -0.1) is 0 Å². The first-order valence-corrected chi connectivity index (χ1v) is 6.43. The summed E-state index contributed by atoms with van der Waals surface area (Å²) in [4.78, 5) is 8.37. The SMILES string of the molecule is CCC1(CNc2nc(N)nc3[nH]ncc23)CCC1. The van der Waals surface area contributed by atoms with Gasteiger partial charge in [0.25, 0.3) is 0 Å². The number of fused-ring (bicyclic) bond motifs is 1. The number of aromatic nitrogens is 4. The van der Waals surface area contributed by atoms with E-state index in [1.54, 1.807) is 6.20 Å². The van der Waals surface area contributed by atoms with Gasteiger partial charge in [0.1, 0.15) is 5.82 Å². The smallest absolute Gasteiger partial charge is 0.224 e. The van der Waals surface area contributed by atoms with Gasteiger partial charge in [0, 0.05) is 6.54 Å². The van der Waals surface area contributed by atoms with Crippen LogP contribution in [-0.2, 0) is 0 Å². The third kappa shape index (κ3) is 1.77. The third-order valence-electron chi connectivity index (χ3n) is 4.12. The molecule has 0 amide bonds. The van der Waals surface area contributed by atoms with E-state index in [1.807, 2.05) is 0 Å². The fourth-order valence-electron chi connectivity index (χ4n) is 2.59. The lowest BCUT2D eigenvalue weighted by Crippen LogP contribution is -2.36. The molecule has 0 aliphatic heterocycles. The van der Waals surface area contributed by atoms with Crippen molar-refractivity contribution in [1.29, 1.82) is 0 Å². The molecule has 1 fully saturated rings. The third-order valence-corrected chi connectivity index (χ3v) is 4.12. The van der Waals surface area contributed by atoms with Crippen LogP contribution in [0.5, 0.6) is 0 Å². The van der Waals surface area contributed by atoms with E-state index in [0.717, 1.165) is 17.7 Å². The molecule has 1 saturated carbocycles. The maximum absolute atomic E-state index is 5.69. The Morgan fingerprint density at radius 1 is 1.44 bits per heavy atom. The zero-order valence-electron chi connectivity index (χ0n) is 10.5. The van der Waals surface area contributed by atoms with Crippen LogP contribution < -0.4 is 11.1 Å². The van der Waals surface area contributed by atoms with Crippen LogP contribution in [-0.4, -0.2) is 26.7 Å². The number of H-pyrrole nitrogens is 1. The van der Waals surface area contributed by atoms with E-state index in [4.69, 9.17) is 5.73 Å². The number of hydrogen-bond acceptors (Lipinski definition) is 5. The number of nitrogens with two attached hydrogens (primary N) is 1. The molecule has 1 aliphatic carbocycles. The predicted molar refractivity (Wildman–Crippen MR) is 71.2 cm³/mol. The summed E-state index contributed by atoms with van der Waals surface area (Å²) in [5, 5.41) is 11.1. The fraction of sp³-hybridized carbons (Fsp3) is 0.583. The first-order chi connectivity index (χ1) is 8.72. The molecule has 18 heavy (non-hydrogen) atoms. The topological polar surface area (TPSA) is 92.5 Å². The predicted octanol–water partition coefficient (Wildman–Crippen LogP) is 1.93. The van der Waals surface area contributed by atoms with Crippen LogP contribution in [0.3, 0.4) is 0 Å². The van der Waals surface area contributed by atoms with Crippen LogP contribution in [0.2, 0.25) is 0 Å². The number of hydrogen-bond donors (Lipinski definition) is 3. The minimum atomic E-state index is 0.272. The highest BCUT2D eigenvalue weighted by Crippen LogP contribution is 2.43. The van der Waals surface area contributed by atoms with Crippen molar-refractivity contribution in [1.82, 2.24) is 20.2 Å². The van der Waals surface area contributed by atoms with E-state index in [0.29, 0.717) is 11.1 Å². The minimum Gasteiger partial charge on any atom is -0.369 e. The number of aromatic amines is 1. The minimum absolute atomic E-state index is 0.272. The summed E-state index contributed by atoms with van der Waals surface area (Å²) in [7, 11) is 0. The summed E-state index contributed by atoms with van der Waals surface area (Å²) < 4.78 is 0. The van der Waals surface area contributed by atoms with Crippen LogP contribution in [0.15, 0.2) is 6.20 Å². The molecule has 0 aromatic carbocycles. The molecule has 0 bridgehead atoms. The summed E-state index contributed by atoms with van der Waals surface area (Å²) in [5.74, 6) is 1.05. The molecule has 96 valence electrons. The van der Waals surface area contributed by atoms with Crippen LogP contribution in [0.1, 0.15) is 32.6 Å². The van der Waals surface area contributed by atoms with E-state index in [1.165, 1.54) is 25.7 Å². The second-order valence-electron chi connectivity index (χ2n) is 5.12. The highest BCUT2D eigenvalue weighted by molar-refractivity contribution is 5.86. The first-order valence-electron chi connectivity index (χ1n) is 6.43. The molecule has 0 saturated heterocycles. The zero-order chi connectivity index (χ0) is 12.6. The van der Waals surface area contributed by atoms with E-state index in [-0.39, 0.29) is 5.95 Å². The average Bonchev–Trinajstić information content (AvgIpc) is 2.75. The molecular weight excluding hydrogens is 228 g/mol. The lowest BCUT2D eigenvalue weighted by atomic mass is 9.67. The molecule has 0 atom stereocenters. The largest absolute Gasteiger partial charge is 0.369 e. The number of nitrogens with zero attached hydrogens (tertiary/aromatic N) is 3. The van der Waals surface area contributed by atoms with Crippen molar-refractivity contribution in [2.24, 2.45) is 5.41 Å². The Kier molecular flexibility index (Phi) is 2.57. The monoisotopic (exact) mass is 246 g/mol. The van der Waals surface area contributed by atoms with Crippen molar-refractivity contribution in [2.75, 3.05) is 17.6 Å². The molecule has 2 aromatic rings. The molecule has 0 unspecified atom stereocenters. The van der Waals surface area contributed by atoms with Gasteiger partial charge in [-0.25, -0.2) is 0 Å². The van der Waals surface area contributed by atoms with Gasteiger partial charge >= 0.3 is 0 Å². The van der Waals surface area contributed by atoms with Gasteiger partial charge in [0.05, 0.1) is 11.6 Å². The van der Waals surface area contributed by atoms with Gasteiger partial charge in [-0.3, -0.25) is 5.10 Å². The van der Waals surface area contributed by atoms with Crippen molar-refractivity contribution in [3.05, 3.63) is 6.20 Å². The van der Waals surface area contributed by atoms with Crippen LogP contribution in [0.4, 0.5) is 11.8 Å². The van der Waals surface area contributed by atoms with Crippen molar-refractivity contribution < 1.29 is 0 Å². The summed E-state index contributed by atoms with van der Waals surface area (Å²) in [6, 6.07) is 0. The Morgan fingerprint density at radius 2 is 2.28 bits per heavy atom. The van der Waals surface area contributed by atoms with Gasteiger partial charge in [-0.1, -0.05) is 13.3 Å². The second-order valence-corrected chi connectivity index (χ2v) is 5.12. The summed E-state index contributed by atoms with van der Waals surface area (Å²) >= 11 is 0. The Labute approximate surface area is 105 Å². The molecule has 0 radical (unpaired) electrons. The first kappa shape index (κ1) is 11.3. The highest BCUT2D eigenvalue weighted by Gasteiger charge is 2.34. The van der Waals surface area contributed by atoms with Crippen LogP contribution in [0, 0.1) is 5.41 Å². The summed E-state index contributed by atoms with van der Waals surface area (Å²) in [5.41, 5.74) is 6.82. The van der Waals surface area contributed by atoms with Gasteiger partial charge in [-0.05, 0) is 24.7 Å². The molecule has 6 nitrogen and oxygen atoms in total. The Hall–Kier alpha value is -1.85. The van der Waals surface area contributed by atoms with E-state index >= 15 is 0 Å². The fourth-order valence-corrected chi connectivity index (χ4v) is 2.59. The van der Waals surface area contributed by atoms with Gasteiger partial charge in [0.15, 0.2) is 5.65 Å². The molecule has 2 heterocycles. The quantitative estimate of drug-likeness (QED) is 0.766. The second kappa shape index (κ2) is 4.12. The number of rotatable bonds is 4. The van der Waals surface area contributed by atoms with E-state index < -0.39 is 0 Å². The van der Waals surface area contributed by atoms with Gasteiger partial charge < -0.3 is 11.1 Å². The van der Waals surface area contributed by atoms with Gasteiger partial charge in [0.2, 0.25) is 5.95 Å². The Morgan fingerprint density at radius 3 is 2.94 bits per heavy atom. The molecule has 2 aromatic heterocycles. The highest BCUT2D eigenvalue weighted by atomic mass is 15.2. The standard InChI is InChI=1S/C12H18N6/c1-2-12(4-3-5-12)7-14-9-8-6-15-18-10(8)17-11(13)16-9/h6H,2-5,7H2,1H3,(H4,13,14,15,16,17,18). The Bertz CT molecular complexity index is 551. The number of nitrogens with one attached hydrogen (secondary N) is 2. The Balaban J connectivity index is 1.83. The molecular formula is C12H18N6. The maximum Gasteiger partial charge on any atom is 0.224 e. The molecule has 4 N–H and O–H groups in total. The van der Waals surface area contributed by atoms with E-state index in [2.05, 4.69) is 32.4 Å². The van der Waals surface area contributed by atoms with Crippen LogP contribution >= 0.6 is 0 Å². The van der Waals surface area contributed by atoms with Crippen molar-refractivity contribution in [2.45, 2.75) is 32.6 Å². The molecule has 3 rings (SSSR count). The average molecular weight is 246 g/mol. The number of anilines is 2. The number of nitrogen functional groups attached to an aromatic ring is 1. The normalized spacial score (nSPS) is 17.6. The van der Waals surface area contributed by atoms with Crippen molar-refractivity contribution in [3.63, 3.8) is 0 Å². The lowest BCUT2D eigenvalue weighted by Gasteiger charge is -2.41. The molecule has 6 heteroatoms. The zero-order valence-corrected chi connectivity index (χ0v) is 10.5. The van der Waals surface area contributed by atoms with Crippen LogP contribution in [0.25, 0.3) is 11.0 Å².